The largest absolute Gasteiger partial charge is 0.497 e. The monoisotopic (exact) mass is 263 g/mol. The Bertz CT molecular complexity index is 402. The molecule has 0 atom stereocenters. The van der Waals surface area contributed by atoms with E-state index < -0.39 is 0 Å². The summed E-state index contributed by atoms with van der Waals surface area (Å²) < 4.78 is 16.7. The van der Waals surface area contributed by atoms with E-state index in [-0.39, 0.29) is 5.79 Å². The molecule has 2 aliphatic rings. The fourth-order valence-electron chi connectivity index (χ4n) is 2.83. The van der Waals surface area contributed by atoms with Gasteiger partial charge in [-0.2, -0.15) is 0 Å². The lowest BCUT2D eigenvalue weighted by Gasteiger charge is -2.37. The minimum atomic E-state index is -0.267. The summed E-state index contributed by atoms with van der Waals surface area (Å²) in [6, 6.07) is 8.30. The van der Waals surface area contributed by atoms with Crippen molar-refractivity contribution >= 4 is 0 Å². The normalized spacial score (nSPS) is 22.8. The molecule has 1 aromatic rings. The molecule has 1 aromatic carbocycles. The van der Waals surface area contributed by atoms with Crippen LogP contribution >= 0.6 is 0 Å². The third-order valence-electron chi connectivity index (χ3n) is 4.00. The van der Waals surface area contributed by atoms with Crippen LogP contribution in [0.3, 0.4) is 0 Å². The molecule has 2 heterocycles. The Hall–Kier alpha value is -1.10. The van der Waals surface area contributed by atoms with Crippen LogP contribution in [0.4, 0.5) is 0 Å². The number of likely N-dealkylation sites (tertiary alicyclic amines) is 1. The van der Waals surface area contributed by atoms with E-state index in [2.05, 4.69) is 17.0 Å². The molecule has 2 fully saturated rings. The molecule has 0 unspecified atom stereocenters. The van der Waals surface area contributed by atoms with Crippen molar-refractivity contribution in [1.82, 2.24) is 4.90 Å². The first-order valence-electron chi connectivity index (χ1n) is 6.93. The Kier molecular flexibility index (Phi) is 3.73. The molecule has 2 saturated heterocycles. The lowest BCUT2D eigenvalue weighted by molar-refractivity contribution is -0.185. The van der Waals surface area contributed by atoms with Gasteiger partial charge in [0.1, 0.15) is 5.75 Å². The van der Waals surface area contributed by atoms with E-state index in [4.69, 9.17) is 14.2 Å². The molecule has 2 aliphatic heterocycles. The van der Waals surface area contributed by atoms with Crippen LogP contribution in [0.5, 0.6) is 5.75 Å². The molecule has 0 radical (unpaired) electrons. The van der Waals surface area contributed by atoms with Crippen molar-refractivity contribution in [3.8, 4) is 5.75 Å². The second-order valence-corrected chi connectivity index (χ2v) is 5.23. The molecule has 104 valence electrons. The zero-order valence-electron chi connectivity index (χ0n) is 11.4. The average Bonchev–Trinajstić information content (AvgIpc) is 2.91. The summed E-state index contributed by atoms with van der Waals surface area (Å²) in [5.41, 5.74) is 1.32. The molecule has 3 rings (SSSR count). The predicted octanol–water partition coefficient (Wildman–Crippen LogP) is 2.03. The van der Waals surface area contributed by atoms with Crippen molar-refractivity contribution in [2.24, 2.45) is 0 Å². The molecule has 4 heteroatoms. The Labute approximate surface area is 114 Å². The van der Waals surface area contributed by atoms with Crippen LogP contribution in [0.2, 0.25) is 0 Å². The van der Waals surface area contributed by atoms with Gasteiger partial charge in [-0.05, 0) is 17.7 Å². The zero-order valence-corrected chi connectivity index (χ0v) is 11.4. The fourth-order valence-corrected chi connectivity index (χ4v) is 2.83. The summed E-state index contributed by atoms with van der Waals surface area (Å²) in [5, 5.41) is 0. The highest BCUT2D eigenvalue weighted by Crippen LogP contribution is 2.31. The van der Waals surface area contributed by atoms with Gasteiger partial charge in [0.05, 0.1) is 20.3 Å². The number of hydrogen-bond donors (Lipinski definition) is 0. The van der Waals surface area contributed by atoms with Crippen molar-refractivity contribution < 1.29 is 14.2 Å². The Morgan fingerprint density at radius 3 is 2.32 bits per heavy atom. The summed E-state index contributed by atoms with van der Waals surface area (Å²) in [7, 11) is 1.70. The van der Waals surface area contributed by atoms with E-state index in [0.717, 1.165) is 51.4 Å². The quantitative estimate of drug-likeness (QED) is 0.835. The van der Waals surface area contributed by atoms with E-state index in [1.54, 1.807) is 7.11 Å². The number of rotatable bonds is 3. The van der Waals surface area contributed by atoms with E-state index >= 15 is 0 Å². The minimum absolute atomic E-state index is 0.267. The van der Waals surface area contributed by atoms with Gasteiger partial charge in [-0.15, -0.1) is 0 Å². The van der Waals surface area contributed by atoms with Crippen LogP contribution in [0.25, 0.3) is 0 Å². The van der Waals surface area contributed by atoms with Crippen LogP contribution < -0.4 is 4.74 Å². The average molecular weight is 263 g/mol. The van der Waals surface area contributed by atoms with Gasteiger partial charge >= 0.3 is 0 Å². The van der Waals surface area contributed by atoms with Crippen LogP contribution in [0.15, 0.2) is 24.3 Å². The summed E-state index contributed by atoms with van der Waals surface area (Å²) in [4.78, 5) is 2.46. The molecule has 0 N–H and O–H groups in total. The zero-order chi connectivity index (χ0) is 13.1. The van der Waals surface area contributed by atoms with E-state index in [9.17, 15) is 0 Å². The highest BCUT2D eigenvalue weighted by atomic mass is 16.7. The predicted molar refractivity (Wildman–Crippen MR) is 72.1 cm³/mol. The van der Waals surface area contributed by atoms with Gasteiger partial charge in [-0.3, -0.25) is 4.90 Å². The van der Waals surface area contributed by atoms with Crippen molar-refractivity contribution in [2.45, 2.75) is 25.2 Å². The first kappa shape index (κ1) is 12.9. The molecule has 0 aromatic heterocycles. The van der Waals surface area contributed by atoms with E-state index in [0.29, 0.717) is 0 Å². The Morgan fingerprint density at radius 2 is 1.74 bits per heavy atom. The van der Waals surface area contributed by atoms with Crippen molar-refractivity contribution in [3.63, 3.8) is 0 Å². The van der Waals surface area contributed by atoms with Crippen LogP contribution in [0.1, 0.15) is 18.4 Å². The highest BCUT2D eigenvalue weighted by molar-refractivity contribution is 5.27. The molecule has 19 heavy (non-hydrogen) atoms. The van der Waals surface area contributed by atoms with Crippen LogP contribution in [-0.2, 0) is 16.0 Å². The molecule has 0 saturated carbocycles. The number of hydrogen-bond acceptors (Lipinski definition) is 4. The number of piperidine rings is 1. The highest BCUT2D eigenvalue weighted by Gasteiger charge is 2.39. The number of nitrogens with zero attached hydrogens (tertiary/aromatic N) is 1. The van der Waals surface area contributed by atoms with Crippen molar-refractivity contribution in [3.05, 3.63) is 29.8 Å². The second kappa shape index (κ2) is 5.49. The third-order valence-corrected chi connectivity index (χ3v) is 4.00. The third kappa shape index (κ3) is 2.91. The van der Waals surface area contributed by atoms with Gasteiger partial charge in [0, 0.05) is 32.5 Å². The standard InChI is InChI=1S/C15H21NO3/c1-17-14-4-2-13(3-5-14)12-16-8-6-15(7-9-16)18-10-11-19-15/h2-5H,6-12H2,1H3. The Balaban J connectivity index is 1.53. The summed E-state index contributed by atoms with van der Waals surface area (Å²) in [6.45, 7) is 4.55. The summed E-state index contributed by atoms with van der Waals surface area (Å²) in [6.07, 6.45) is 1.95. The number of benzene rings is 1. The molecule has 1 spiro atoms. The van der Waals surface area contributed by atoms with Crippen molar-refractivity contribution in [1.29, 1.82) is 0 Å². The van der Waals surface area contributed by atoms with Gasteiger partial charge in [-0.25, -0.2) is 0 Å². The van der Waals surface area contributed by atoms with E-state index in [1.807, 2.05) is 12.1 Å². The van der Waals surface area contributed by atoms with Crippen LogP contribution in [0, 0.1) is 0 Å². The summed E-state index contributed by atoms with van der Waals surface area (Å²) in [5.74, 6) is 0.644. The second-order valence-electron chi connectivity index (χ2n) is 5.23. The van der Waals surface area contributed by atoms with E-state index in [1.165, 1.54) is 5.56 Å². The smallest absolute Gasteiger partial charge is 0.170 e. The molecule has 0 bridgehead atoms. The van der Waals surface area contributed by atoms with Gasteiger partial charge in [-0.1, -0.05) is 12.1 Å². The number of methoxy groups -OCH3 is 1. The maximum atomic E-state index is 5.74. The van der Waals surface area contributed by atoms with Gasteiger partial charge < -0.3 is 14.2 Å². The summed E-state index contributed by atoms with van der Waals surface area (Å²) >= 11 is 0. The molecule has 0 amide bonds. The minimum Gasteiger partial charge on any atom is -0.497 e. The van der Waals surface area contributed by atoms with Gasteiger partial charge in [0.2, 0.25) is 0 Å². The molecule has 0 aliphatic carbocycles. The number of ether oxygens (including phenoxy) is 3. The first-order chi connectivity index (χ1) is 9.30. The molecular weight excluding hydrogens is 242 g/mol. The fraction of sp³-hybridized carbons (Fsp3) is 0.600. The van der Waals surface area contributed by atoms with Crippen LogP contribution in [-0.4, -0.2) is 44.1 Å². The van der Waals surface area contributed by atoms with Crippen molar-refractivity contribution in [2.75, 3.05) is 33.4 Å². The molecular formula is C15H21NO3. The molecule has 4 nitrogen and oxygen atoms in total. The lowest BCUT2D eigenvalue weighted by Crippen LogP contribution is -2.44. The lowest BCUT2D eigenvalue weighted by atomic mass is 10.0. The first-order valence-corrected chi connectivity index (χ1v) is 6.93. The van der Waals surface area contributed by atoms with Gasteiger partial charge in [0.15, 0.2) is 5.79 Å². The van der Waals surface area contributed by atoms with Gasteiger partial charge in [0.25, 0.3) is 0 Å². The Morgan fingerprint density at radius 1 is 1.11 bits per heavy atom. The SMILES string of the molecule is COc1ccc(CN2CCC3(CC2)OCCO3)cc1. The maximum absolute atomic E-state index is 5.74. The topological polar surface area (TPSA) is 30.9 Å². The maximum Gasteiger partial charge on any atom is 0.170 e.